The van der Waals surface area contributed by atoms with E-state index in [0.717, 1.165) is 11.3 Å². The molecule has 1 amide bonds. The Morgan fingerprint density at radius 2 is 1.92 bits per heavy atom. The summed E-state index contributed by atoms with van der Waals surface area (Å²) >= 11 is 0. The van der Waals surface area contributed by atoms with Crippen molar-refractivity contribution in [3.63, 3.8) is 0 Å². The summed E-state index contributed by atoms with van der Waals surface area (Å²) < 4.78 is 10.5. The summed E-state index contributed by atoms with van der Waals surface area (Å²) in [6.45, 7) is 1.94. The number of carbonyl (C=O) groups is 1. The maximum Gasteiger partial charge on any atom is 0.273 e. The van der Waals surface area contributed by atoms with Gasteiger partial charge in [-0.2, -0.15) is 0 Å². The average Bonchev–Trinajstić information content (AvgIpc) is 2.60. The molecule has 24 heavy (non-hydrogen) atoms. The lowest BCUT2D eigenvalue weighted by molar-refractivity contribution is -0.384. The maximum atomic E-state index is 12.1. The van der Waals surface area contributed by atoms with Crippen LogP contribution < -0.4 is 14.8 Å². The van der Waals surface area contributed by atoms with Gasteiger partial charge in [0, 0.05) is 12.6 Å². The number of nitrogens with zero attached hydrogens (tertiary/aromatic N) is 1. The van der Waals surface area contributed by atoms with E-state index < -0.39 is 11.0 Å². The first-order valence-electron chi connectivity index (χ1n) is 7.31. The summed E-state index contributed by atoms with van der Waals surface area (Å²) in [5.74, 6) is 0.709. The molecular weight excluding hydrogens is 312 g/mol. The monoisotopic (exact) mass is 330 g/mol. The van der Waals surface area contributed by atoms with Crippen LogP contribution >= 0.6 is 0 Å². The fourth-order valence-electron chi connectivity index (χ4n) is 2.00. The third-order valence-electron chi connectivity index (χ3n) is 3.34. The predicted molar refractivity (Wildman–Crippen MR) is 88.0 cm³/mol. The van der Waals surface area contributed by atoms with Gasteiger partial charge in [0.05, 0.1) is 18.1 Å². The van der Waals surface area contributed by atoms with Gasteiger partial charge in [0.2, 0.25) is 0 Å². The lowest BCUT2D eigenvalue weighted by Gasteiger charge is -2.14. The van der Waals surface area contributed by atoms with Crippen LogP contribution in [0.5, 0.6) is 11.5 Å². The van der Waals surface area contributed by atoms with E-state index in [9.17, 15) is 14.9 Å². The number of amides is 1. The normalized spacial score (nSPS) is 11.4. The average molecular weight is 330 g/mol. The highest BCUT2D eigenvalue weighted by Gasteiger charge is 2.15. The molecule has 1 atom stereocenters. The van der Waals surface area contributed by atoms with Crippen molar-refractivity contribution in [1.29, 1.82) is 0 Å². The summed E-state index contributed by atoms with van der Waals surface area (Å²) in [5.41, 5.74) is 0.838. The van der Waals surface area contributed by atoms with E-state index in [-0.39, 0.29) is 17.3 Å². The fourth-order valence-corrected chi connectivity index (χ4v) is 2.00. The molecule has 0 spiro atoms. The molecule has 0 fully saturated rings. The summed E-state index contributed by atoms with van der Waals surface area (Å²) in [6, 6.07) is 13.1. The Balaban J connectivity index is 1.89. The van der Waals surface area contributed by atoms with Crippen molar-refractivity contribution >= 4 is 11.6 Å². The van der Waals surface area contributed by atoms with E-state index in [4.69, 9.17) is 9.47 Å². The zero-order chi connectivity index (χ0) is 17.5. The van der Waals surface area contributed by atoms with Crippen LogP contribution in [0.2, 0.25) is 0 Å². The third kappa shape index (κ3) is 4.70. The minimum Gasteiger partial charge on any atom is -0.497 e. The van der Waals surface area contributed by atoms with E-state index in [0.29, 0.717) is 6.54 Å². The van der Waals surface area contributed by atoms with Crippen molar-refractivity contribution in [2.45, 2.75) is 19.6 Å². The van der Waals surface area contributed by atoms with Gasteiger partial charge < -0.3 is 14.8 Å². The van der Waals surface area contributed by atoms with Crippen molar-refractivity contribution in [3.05, 3.63) is 64.2 Å². The number of carbonyl (C=O) groups excluding carboxylic acids is 1. The van der Waals surface area contributed by atoms with Gasteiger partial charge in [-0.3, -0.25) is 14.9 Å². The van der Waals surface area contributed by atoms with Crippen molar-refractivity contribution in [3.8, 4) is 11.5 Å². The fraction of sp³-hybridized carbons (Fsp3) is 0.235. The molecule has 0 radical (unpaired) electrons. The van der Waals surface area contributed by atoms with Gasteiger partial charge in [-0.05, 0) is 30.7 Å². The topological polar surface area (TPSA) is 90.7 Å². The van der Waals surface area contributed by atoms with Crippen LogP contribution in [0, 0.1) is 10.1 Å². The molecule has 0 aromatic heterocycles. The van der Waals surface area contributed by atoms with E-state index in [2.05, 4.69) is 5.32 Å². The van der Waals surface area contributed by atoms with Gasteiger partial charge in [-0.1, -0.05) is 18.2 Å². The standard InChI is InChI=1S/C17H18N2O5/c1-12(24-16-5-3-4-14(10-16)19(21)22)17(20)18-11-13-6-8-15(23-2)9-7-13/h3-10,12H,11H2,1-2H3,(H,18,20)/t12-/m0/s1. The molecular formula is C17H18N2O5. The highest BCUT2D eigenvalue weighted by molar-refractivity contribution is 5.80. The van der Waals surface area contributed by atoms with Crippen molar-refractivity contribution in [2.24, 2.45) is 0 Å². The number of ether oxygens (including phenoxy) is 2. The molecule has 0 aliphatic rings. The number of hydrogen-bond donors (Lipinski definition) is 1. The molecule has 126 valence electrons. The third-order valence-corrected chi connectivity index (χ3v) is 3.34. The van der Waals surface area contributed by atoms with E-state index in [1.807, 2.05) is 24.3 Å². The number of hydrogen-bond acceptors (Lipinski definition) is 5. The Kier molecular flexibility index (Phi) is 5.73. The van der Waals surface area contributed by atoms with E-state index in [1.165, 1.54) is 18.2 Å². The van der Waals surface area contributed by atoms with Crippen molar-refractivity contribution < 1.29 is 19.2 Å². The molecule has 0 aliphatic carbocycles. The van der Waals surface area contributed by atoms with E-state index >= 15 is 0 Å². The zero-order valence-corrected chi connectivity index (χ0v) is 13.4. The smallest absolute Gasteiger partial charge is 0.273 e. The molecule has 0 unspecified atom stereocenters. The Hall–Kier alpha value is -3.09. The maximum absolute atomic E-state index is 12.1. The number of non-ortho nitro benzene ring substituents is 1. The second kappa shape index (κ2) is 7.96. The first-order chi connectivity index (χ1) is 11.5. The largest absolute Gasteiger partial charge is 0.497 e. The van der Waals surface area contributed by atoms with Gasteiger partial charge in [0.1, 0.15) is 11.5 Å². The van der Waals surface area contributed by atoms with Crippen molar-refractivity contribution in [2.75, 3.05) is 7.11 Å². The molecule has 0 saturated heterocycles. The number of nitro groups is 1. The van der Waals surface area contributed by atoms with Gasteiger partial charge >= 0.3 is 0 Å². The lowest BCUT2D eigenvalue weighted by Crippen LogP contribution is -2.35. The molecule has 7 heteroatoms. The second-order valence-electron chi connectivity index (χ2n) is 5.08. The first-order valence-corrected chi connectivity index (χ1v) is 7.31. The Bertz CT molecular complexity index is 715. The molecule has 2 rings (SSSR count). The van der Waals surface area contributed by atoms with Crippen LogP contribution in [-0.4, -0.2) is 24.0 Å². The Morgan fingerprint density at radius 1 is 1.21 bits per heavy atom. The number of nitrogens with one attached hydrogen (secondary N) is 1. The predicted octanol–water partition coefficient (Wildman–Crippen LogP) is 2.69. The highest BCUT2D eigenvalue weighted by atomic mass is 16.6. The number of rotatable bonds is 7. The van der Waals surface area contributed by atoms with Crippen molar-refractivity contribution in [1.82, 2.24) is 5.32 Å². The molecule has 7 nitrogen and oxygen atoms in total. The number of methoxy groups -OCH3 is 1. The van der Waals surface area contributed by atoms with Crippen LogP contribution in [0.3, 0.4) is 0 Å². The molecule has 1 N–H and O–H groups in total. The minimum atomic E-state index is -0.773. The van der Waals surface area contributed by atoms with Gasteiger partial charge in [-0.15, -0.1) is 0 Å². The SMILES string of the molecule is COc1ccc(CNC(=O)[C@H](C)Oc2cccc([N+](=O)[O-])c2)cc1. The summed E-state index contributed by atoms with van der Waals surface area (Å²) in [4.78, 5) is 22.3. The summed E-state index contributed by atoms with van der Waals surface area (Å²) in [5, 5.41) is 13.5. The molecule has 0 heterocycles. The number of nitro benzene ring substituents is 1. The quantitative estimate of drug-likeness (QED) is 0.622. The van der Waals surface area contributed by atoms with Crippen LogP contribution in [0.25, 0.3) is 0 Å². The van der Waals surface area contributed by atoms with Gasteiger partial charge in [0.25, 0.3) is 11.6 Å². The Labute approximate surface area is 139 Å². The molecule has 0 saturated carbocycles. The van der Waals surface area contributed by atoms with Crippen LogP contribution in [0.1, 0.15) is 12.5 Å². The molecule has 2 aromatic carbocycles. The zero-order valence-electron chi connectivity index (χ0n) is 13.4. The van der Waals surface area contributed by atoms with Gasteiger partial charge in [-0.25, -0.2) is 0 Å². The highest BCUT2D eigenvalue weighted by Crippen LogP contribution is 2.20. The van der Waals surface area contributed by atoms with Gasteiger partial charge in [0.15, 0.2) is 6.10 Å². The molecule has 0 aliphatic heterocycles. The summed E-state index contributed by atoms with van der Waals surface area (Å²) in [6.07, 6.45) is -0.773. The Morgan fingerprint density at radius 3 is 2.54 bits per heavy atom. The molecule has 0 bridgehead atoms. The minimum absolute atomic E-state index is 0.0849. The molecule has 2 aromatic rings. The lowest BCUT2D eigenvalue weighted by atomic mass is 10.2. The van der Waals surface area contributed by atoms with Crippen LogP contribution in [-0.2, 0) is 11.3 Å². The van der Waals surface area contributed by atoms with E-state index in [1.54, 1.807) is 20.1 Å². The first kappa shape index (κ1) is 17.3. The summed E-state index contributed by atoms with van der Waals surface area (Å²) in [7, 11) is 1.59. The number of benzene rings is 2. The second-order valence-corrected chi connectivity index (χ2v) is 5.08. The van der Waals surface area contributed by atoms with Crippen LogP contribution in [0.4, 0.5) is 5.69 Å². The van der Waals surface area contributed by atoms with Crippen LogP contribution in [0.15, 0.2) is 48.5 Å².